The minimum absolute atomic E-state index is 0.0697. The van der Waals surface area contributed by atoms with Crippen LogP contribution in [0.5, 0.6) is 0 Å². The fourth-order valence-corrected chi connectivity index (χ4v) is 2.77. The smallest absolute Gasteiger partial charge is 0.298 e. The van der Waals surface area contributed by atoms with E-state index in [-0.39, 0.29) is 5.01 Å². The van der Waals surface area contributed by atoms with Gasteiger partial charge in [-0.3, -0.25) is 4.79 Å². The van der Waals surface area contributed by atoms with Crippen LogP contribution in [-0.4, -0.2) is 23.1 Å². The van der Waals surface area contributed by atoms with Crippen LogP contribution in [0, 0.1) is 5.92 Å². The molecule has 0 aliphatic carbocycles. The number of thiazole rings is 1. The van der Waals surface area contributed by atoms with Gasteiger partial charge >= 0.3 is 12.4 Å². The largest absolute Gasteiger partial charge is 0.407 e. The van der Waals surface area contributed by atoms with Gasteiger partial charge in [0.05, 0.1) is 16.6 Å². The molecule has 0 radical (unpaired) electrons. The van der Waals surface area contributed by atoms with Crippen molar-refractivity contribution in [3.05, 3.63) is 29.3 Å². The molecule has 2 aromatic rings. The van der Waals surface area contributed by atoms with Crippen molar-refractivity contribution in [3.63, 3.8) is 0 Å². The molecule has 0 saturated carbocycles. The topological polar surface area (TPSA) is 30.0 Å². The van der Waals surface area contributed by atoms with Gasteiger partial charge in [-0.15, -0.1) is 11.3 Å². The third kappa shape index (κ3) is 3.52. The third-order valence-corrected chi connectivity index (χ3v) is 3.68. The summed E-state index contributed by atoms with van der Waals surface area (Å²) < 4.78 is 75.1. The van der Waals surface area contributed by atoms with Gasteiger partial charge in [0.1, 0.15) is 5.01 Å². The average molecular weight is 327 g/mol. The monoisotopic (exact) mass is 327 g/mol. The van der Waals surface area contributed by atoms with Crippen LogP contribution in [0.3, 0.4) is 0 Å². The fourth-order valence-electron chi connectivity index (χ4n) is 1.80. The SMILES string of the molecule is O=C(Cc1nc2ccccc2s1)C(C(F)(F)F)C(F)(F)F. The van der Waals surface area contributed by atoms with Crippen LogP contribution in [0.2, 0.25) is 0 Å². The van der Waals surface area contributed by atoms with Crippen LogP contribution in [-0.2, 0) is 11.2 Å². The van der Waals surface area contributed by atoms with Crippen LogP contribution >= 0.6 is 11.3 Å². The van der Waals surface area contributed by atoms with Crippen molar-refractivity contribution < 1.29 is 31.1 Å². The van der Waals surface area contributed by atoms with Gasteiger partial charge in [-0.25, -0.2) is 4.98 Å². The van der Waals surface area contributed by atoms with Crippen molar-refractivity contribution >= 4 is 27.3 Å². The average Bonchev–Trinajstić information content (AvgIpc) is 2.66. The Labute approximate surface area is 118 Å². The summed E-state index contributed by atoms with van der Waals surface area (Å²) in [6.07, 6.45) is -12.3. The van der Waals surface area contributed by atoms with Crippen LogP contribution < -0.4 is 0 Å². The lowest BCUT2D eigenvalue weighted by atomic mass is 10.0. The van der Waals surface area contributed by atoms with Crippen molar-refractivity contribution in [2.24, 2.45) is 5.92 Å². The van der Waals surface area contributed by atoms with Crippen molar-refractivity contribution in [2.45, 2.75) is 18.8 Å². The lowest BCUT2D eigenvalue weighted by molar-refractivity contribution is -0.273. The molecule has 114 valence electrons. The normalized spacial score (nSPS) is 13.1. The van der Waals surface area contributed by atoms with E-state index in [1.165, 1.54) is 0 Å². The Balaban J connectivity index is 2.26. The molecular weight excluding hydrogens is 320 g/mol. The molecule has 0 atom stereocenters. The first kappa shape index (κ1) is 15.7. The number of nitrogens with zero attached hydrogens (tertiary/aromatic N) is 1. The molecule has 21 heavy (non-hydrogen) atoms. The number of alkyl halides is 6. The van der Waals surface area contributed by atoms with E-state index in [9.17, 15) is 31.1 Å². The van der Waals surface area contributed by atoms with Gasteiger partial charge in [-0.2, -0.15) is 26.3 Å². The van der Waals surface area contributed by atoms with Gasteiger partial charge in [-0.05, 0) is 12.1 Å². The summed E-state index contributed by atoms with van der Waals surface area (Å²) in [5.74, 6) is -5.92. The molecule has 1 aromatic carbocycles. The molecule has 0 bridgehead atoms. The molecule has 1 aromatic heterocycles. The molecule has 2 nitrogen and oxygen atoms in total. The Morgan fingerprint density at radius 1 is 1.10 bits per heavy atom. The molecule has 0 saturated heterocycles. The van der Waals surface area contributed by atoms with E-state index in [0.717, 1.165) is 11.3 Å². The Bertz CT molecular complexity index is 613. The molecule has 2 rings (SSSR count). The summed E-state index contributed by atoms with van der Waals surface area (Å²) in [4.78, 5) is 15.3. The number of benzene rings is 1. The molecular formula is C12H7F6NOS. The van der Waals surface area contributed by atoms with Gasteiger partial charge in [0.25, 0.3) is 0 Å². The number of carbonyl (C=O) groups is 1. The third-order valence-electron chi connectivity index (χ3n) is 2.64. The zero-order chi connectivity index (χ0) is 15.8. The van der Waals surface area contributed by atoms with E-state index in [1.54, 1.807) is 24.3 Å². The summed E-state index contributed by atoms with van der Waals surface area (Å²) in [6, 6.07) is 6.46. The van der Waals surface area contributed by atoms with E-state index in [4.69, 9.17) is 0 Å². The van der Waals surface area contributed by atoms with Crippen molar-refractivity contribution in [1.29, 1.82) is 0 Å². The molecule has 0 fully saturated rings. The standard InChI is InChI=1S/C12H7F6NOS/c13-11(14,15)10(12(16,17)18)7(20)5-9-19-6-3-1-2-4-8(6)21-9/h1-4,10H,5H2. The quantitative estimate of drug-likeness (QED) is 0.793. The molecule has 0 N–H and O–H groups in total. The van der Waals surface area contributed by atoms with Crippen LogP contribution in [0.4, 0.5) is 26.3 Å². The molecule has 0 aliphatic rings. The fraction of sp³-hybridized carbons (Fsp3) is 0.333. The Morgan fingerprint density at radius 2 is 1.67 bits per heavy atom. The number of halogens is 6. The first-order valence-electron chi connectivity index (χ1n) is 5.59. The highest BCUT2D eigenvalue weighted by Gasteiger charge is 2.60. The Kier molecular flexibility index (Phi) is 3.96. The summed E-state index contributed by atoms with van der Waals surface area (Å²) in [5.41, 5.74) is 0.431. The first-order chi connectivity index (χ1) is 9.59. The number of ketones is 1. The van der Waals surface area contributed by atoms with Crippen LogP contribution in [0.25, 0.3) is 10.2 Å². The number of hydrogen-bond donors (Lipinski definition) is 0. The number of hydrogen-bond acceptors (Lipinski definition) is 3. The van der Waals surface area contributed by atoms with E-state index in [0.29, 0.717) is 10.2 Å². The van der Waals surface area contributed by atoms with E-state index in [2.05, 4.69) is 4.98 Å². The zero-order valence-electron chi connectivity index (χ0n) is 10.1. The second-order valence-corrected chi connectivity index (χ2v) is 5.35. The number of rotatable bonds is 3. The van der Waals surface area contributed by atoms with Crippen molar-refractivity contribution in [2.75, 3.05) is 0 Å². The first-order valence-corrected chi connectivity index (χ1v) is 6.41. The number of fused-ring (bicyclic) bond motifs is 1. The lowest BCUT2D eigenvalue weighted by Gasteiger charge is -2.21. The van der Waals surface area contributed by atoms with Gasteiger partial charge in [0.15, 0.2) is 5.78 Å². The van der Waals surface area contributed by atoms with E-state index in [1.807, 2.05) is 0 Å². The molecule has 0 spiro atoms. The maximum atomic E-state index is 12.4. The summed E-state index contributed by atoms with van der Waals surface area (Å²) >= 11 is 0.898. The maximum Gasteiger partial charge on any atom is 0.407 e. The summed E-state index contributed by atoms with van der Waals surface area (Å²) in [5, 5.41) is -0.0697. The van der Waals surface area contributed by atoms with Crippen LogP contribution in [0.1, 0.15) is 5.01 Å². The lowest BCUT2D eigenvalue weighted by Crippen LogP contribution is -2.43. The van der Waals surface area contributed by atoms with E-state index < -0.39 is 30.5 Å². The molecule has 0 amide bonds. The zero-order valence-corrected chi connectivity index (χ0v) is 10.9. The van der Waals surface area contributed by atoms with Crippen LogP contribution in [0.15, 0.2) is 24.3 Å². The number of aromatic nitrogens is 1. The summed E-state index contributed by atoms with van der Waals surface area (Å²) in [6.45, 7) is 0. The predicted molar refractivity (Wildman–Crippen MR) is 63.9 cm³/mol. The number of para-hydroxylation sites is 1. The second-order valence-electron chi connectivity index (χ2n) is 4.23. The molecule has 9 heteroatoms. The van der Waals surface area contributed by atoms with Gasteiger partial charge in [0.2, 0.25) is 5.92 Å². The van der Waals surface area contributed by atoms with Crippen molar-refractivity contribution in [1.82, 2.24) is 4.98 Å². The minimum atomic E-state index is -5.66. The Morgan fingerprint density at radius 3 is 2.19 bits per heavy atom. The molecule has 0 unspecified atom stereocenters. The highest BCUT2D eigenvalue weighted by molar-refractivity contribution is 7.18. The number of Topliss-reactive ketones (excluding diaryl/α,β-unsaturated/α-hetero) is 1. The van der Waals surface area contributed by atoms with Gasteiger partial charge in [-0.1, -0.05) is 12.1 Å². The highest BCUT2D eigenvalue weighted by atomic mass is 32.1. The van der Waals surface area contributed by atoms with Gasteiger partial charge < -0.3 is 0 Å². The predicted octanol–water partition coefficient (Wildman–Crippen LogP) is 4.15. The Hall–Kier alpha value is -1.64. The van der Waals surface area contributed by atoms with Gasteiger partial charge in [0, 0.05) is 0 Å². The van der Waals surface area contributed by atoms with E-state index >= 15 is 0 Å². The molecule has 1 heterocycles. The van der Waals surface area contributed by atoms with Crippen molar-refractivity contribution in [3.8, 4) is 0 Å². The maximum absolute atomic E-state index is 12.4. The molecule has 0 aliphatic heterocycles. The highest BCUT2D eigenvalue weighted by Crippen LogP contribution is 2.40. The minimum Gasteiger partial charge on any atom is -0.298 e. The second kappa shape index (κ2) is 5.28. The number of carbonyl (C=O) groups excluding carboxylic acids is 1. The summed E-state index contributed by atoms with van der Waals surface area (Å²) in [7, 11) is 0.